The fraction of sp³-hybridized carbons (Fsp3) is 0. The van der Waals surface area contributed by atoms with Crippen LogP contribution in [-0.2, 0) is 0 Å². The van der Waals surface area contributed by atoms with E-state index >= 15 is 0 Å². The third-order valence-electron chi connectivity index (χ3n) is 3.16. The minimum Gasteiger partial charge on any atom is -0.276 e. The SMILES string of the molecule is O=C(N/N=C\c1cc([N+](=O)[O-])ccc1Cl)c1cc(-c2cccs2)[nH]n1. The van der Waals surface area contributed by atoms with Gasteiger partial charge in [0.25, 0.3) is 11.6 Å². The zero-order valence-corrected chi connectivity index (χ0v) is 14.0. The summed E-state index contributed by atoms with van der Waals surface area (Å²) in [5.41, 5.74) is 3.40. The molecule has 0 bridgehead atoms. The van der Waals surface area contributed by atoms with Gasteiger partial charge in [0, 0.05) is 22.7 Å². The second-order valence-electron chi connectivity index (χ2n) is 4.81. The summed E-state index contributed by atoms with van der Waals surface area (Å²) in [6, 6.07) is 9.35. The second kappa shape index (κ2) is 7.24. The van der Waals surface area contributed by atoms with E-state index in [0.29, 0.717) is 5.56 Å². The van der Waals surface area contributed by atoms with Gasteiger partial charge in [-0.15, -0.1) is 11.3 Å². The van der Waals surface area contributed by atoms with Crippen LogP contribution in [0.2, 0.25) is 5.02 Å². The predicted octanol–water partition coefficient (Wildman–Crippen LogP) is 3.46. The first-order valence-electron chi connectivity index (χ1n) is 6.91. The number of non-ortho nitro benzene ring substituents is 1. The zero-order valence-electron chi connectivity index (χ0n) is 12.5. The van der Waals surface area contributed by atoms with Gasteiger partial charge in [-0.25, -0.2) is 5.43 Å². The number of benzene rings is 1. The van der Waals surface area contributed by atoms with Crippen LogP contribution in [0.25, 0.3) is 10.6 Å². The summed E-state index contributed by atoms with van der Waals surface area (Å²) in [5, 5.41) is 23.4. The number of carbonyl (C=O) groups excluding carboxylic acids is 1. The molecule has 10 heteroatoms. The van der Waals surface area contributed by atoms with Crippen molar-refractivity contribution in [1.82, 2.24) is 15.6 Å². The highest BCUT2D eigenvalue weighted by molar-refractivity contribution is 7.13. The summed E-state index contributed by atoms with van der Waals surface area (Å²) in [4.78, 5) is 23.2. The average Bonchev–Trinajstić information content (AvgIpc) is 3.27. The molecule has 0 spiro atoms. The van der Waals surface area contributed by atoms with Gasteiger partial charge in [0.05, 0.1) is 21.7 Å². The lowest BCUT2D eigenvalue weighted by Crippen LogP contribution is -2.18. The molecule has 25 heavy (non-hydrogen) atoms. The summed E-state index contributed by atoms with van der Waals surface area (Å²) in [6.07, 6.45) is 1.24. The molecule has 0 aliphatic carbocycles. The molecule has 1 amide bonds. The van der Waals surface area contributed by atoms with Crippen LogP contribution in [0.15, 0.2) is 46.9 Å². The number of nitrogens with zero attached hydrogens (tertiary/aromatic N) is 3. The van der Waals surface area contributed by atoms with E-state index in [0.717, 1.165) is 10.6 Å². The van der Waals surface area contributed by atoms with E-state index in [9.17, 15) is 14.9 Å². The molecule has 126 valence electrons. The number of hydrogen-bond donors (Lipinski definition) is 2. The Labute approximate surface area is 150 Å². The highest BCUT2D eigenvalue weighted by atomic mass is 35.5. The van der Waals surface area contributed by atoms with Crippen molar-refractivity contribution in [2.24, 2.45) is 5.10 Å². The van der Waals surface area contributed by atoms with E-state index in [2.05, 4.69) is 20.7 Å². The summed E-state index contributed by atoms with van der Waals surface area (Å²) >= 11 is 7.47. The molecule has 0 fully saturated rings. The number of carbonyl (C=O) groups is 1. The molecular weight excluding hydrogens is 366 g/mol. The van der Waals surface area contributed by atoms with Gasteiger partial charge in [-0.2, -0.15) is 10.2 Å². The third kappa shape index (κ3) is 3.90. The van der Waals surface area contributed by atoms with Crippen LogP contribution < -0.4 is 5.43 Å². The van der Waals surface area contributed by atoms with Crippen molar-refractivity contribution in [3.63, 3.8) is 0 Å². The molecule has 0 radical (unpaired) electrons. The minimum absolute atomic E-state index is 0.120. The van der Waals surface area contributed by atoms with Crippen molar-refractivity contribution >= 4 is 40.7 Å². The Balaban J connectivity index is 1.69. The number of rotatable bonds is 5. The second-order valence-corrected chi connectivity index (χ2v) is 6.16. The third-order valence-corrected chi connectivity index (χ3v) is 4.40. The molecular formula is C15H10ClN5O3S. The van der Waals surface area contributed by atoms with E-state index < -0.39 is 10.8 Å². The number of nitro benzene ring substituents is 1. The quantitative estimate of drug-likeness (QED) is 0.403. The largest absolute Gasteiger partial charge is 0.291 e. The Kier molecular flexibility index (Phi) is 4.87. The van der Waals surface area contributed by atoms with Crippen molar-refractivity contribution in [2.75, 3.05) is 0 Å². The van der Waals surface area contributed by atoms with Gasteiger partial charge in [-0.3, -0.25) is 20.0 Å². The Morgan fingerprint density at radius 3 is 2.96 bits per heavy atom. The van der Waals surface area contributed by atoms with Crippen LogP contribution in [0, 0.1) is 10.1 Å². The van der Waals surface area contributed by atoms with Gasteiger partial charge in [-0.1, -0.05) is 17.7 Å². The van der Waals surface area contributed by atoms with Crippen LogP contribution in [0.4, 0.5) is 5.69 Å². The fourth-order valence-electron chi connectivity index (χ4n) is 1.96. The van der Waals surface area contributed by atoms with E-state index in [4.69, 9.17) is 11.6 Å². The lowest BCUT2D eigenvalue weighted by atomic mass is 10.2. The minimum atomic E-state index is -0.540. The van der Waals surface area contributed by atoms with Gasteiger partial charge in [0.1, 0.15) is 0 Å². The maximum Gasteiger partial charge on any atom is 0.291 e. The summed E-state index contributed by atoms with van der Waals surface area (Å²) < 4.78 is 0. The van der Waals surface area contributed by atoms with Crippen LogP contribution in [0.1, 0.15) is 16.1 Å². The molecule has 2 heterocycles. The van der Waals surface area contributed by atoms with Gasteiger partial charge >= 0.3 is 0 Å². The van der Waals surface area contributed by atoms with Crippen molar-refractivity contribution in [3.8, 4) is 10.6 Å². The number of amides is 1. The smallest absolute Gasteiger partial charge is 0.276 e. The molecule has 2 N–H and O–H groups in total. The molecule has 3 aromatic rings. The highest BCUT2D eigenvalue weighted by Crippen LogP contribution is 2.23. The number of H-pyrrole nitrogens is 1. The molecule has 0 unspecified atom stereocenters. The highest BCUT2D eigenvalue weighted by Gasteiger charge is 2.12. The number of aromatic amines is 1. The Morgan fingerprint density at radius 2 is 2.24 bits per heavy atom. The number of nitro groups is 1. The molecule has 0 aliphatic heterocycles. The topological polar surface area (TPSA) is 113 Å². The molecule has 1 aromatic carbocycles. The van der Waals surface area contributed by atoms with E-state index in [1.165, 1.54) is 35.8 Å². The van der Waals surface area contributed by atoms with Gasteiger partial charge in [0.15, 0.2) is 5.69 Å². The number of thiophene rings is 1. The van der Waals surface area contributed by atoms with Crippen molar-refractivity contribution in [2.45, 2.75) is 0 Å². The Hall–Kier alpha value is -3.04. The first-order chi connectivity index (χ1) is 12.0. The van der Waals surface area contributed by atoms with Crippen molar-refractivity contribution < 1.29 is 9.72 Å². The van der Waals surface area contributed by atoms with Crippen molar-refractivity contribution in [3.05, 3.63) is 68.2 Å². The zero-order chi connectivity index (χ0) is 17.8. The van der Waals surface area contributed by atoms with Gasteiger partial charge in [0.2, 0.25) is 0 Å². The lowest BCUT2D eigenvalue weighted by Gasteiger charge is -1.98. The van der Waals surface area contributed by atoms with Gasteiger partial charge < -0.3 is 0 Å². The number of halogens is 1. The average molecular weight is 376 g/mol. The predicted molar refractivity (Wildman–Crippen MR) is 95.1 cm³/mol. The van der Waals surface area contributed by atoms with Crippen LogP contribution in [0.3, 0.4) is 0 Å². The first kappa shape index (κ1) is 16.8. The molecule has 2 aromatic heterocycles. The van der Waals surface area contributed by atoms with Crippen LogP contribution in [0.5, 0.6) is 0 Å². The Bertz CT molecular complexity index is 952. The summed E-state index contributed by atoms with van der Waals surface area (Å²) in [7, 11) is 0. The van der Waals surface area contributed by atoms with E-state index in [1.54, 1.807) is 6.07 Å². The maximum absolute atomic E-state index is 12.0. The molecule has 3 rings (SSSR count). The van der Waals surface area contributed by atoms with Gasteiger partial charge in [-0.05, 0) is 23.6 Å². The van der Waals surface area contributed by atoms with Crippen LogP contribution in [-0.4, -0.2) is 27.2 Å². The maximum atomic E-state index is 12.0. The van der Waals surface area contributed by atoms with E-state index in [1.807, 2.05) is 17.5 Å². The Morgan fingerprint density at radius 1 is 1.40 bits per heavy atom. The molecule has 0 saturated carbocycles. The first-order valence-corrected chi connectivity index (χ1v) is 8.17. The molecule has 0 aliphatic rings. The number of hydrazone groups is 1. The summed E-state index contributed by atoms with van der Waals surface area (Å²) in [6.45, 7) is 0. The van der Waals surface area contributed by atoms with Crippen molar-refractivity contribution in [1.29, 1.82) is 0 Å². The van der Waals surface area contributed by atoms with E-state index in [-0.39, 0.29) is 16.4 Å². The number of aromatic nitrogens is 2. The monoisotopic (exact) mass is 375 g/mol. The fourth-order valence-corrected chi connectivity index (χ4v) is 2.82. The standard InChI is InChI=1S/C15H10ClN5O3S/c16-11-4-3-10(21(23)24)6-9(11)8-17-20-15(22)13-7-12(18-19-13)14-2-1-5-25-14/h1-8H,(H,18,19)(H,20,22)/b17-8-. The number of nitrogens with one attached hydrogen (secondary N) is 2. The summed E-state index contributed by atoms with van der Waals surface area (Å²) in [5.74, 6) is -0.517. The van der Waals surface area contributed by atoms with Crippen LogP contribution >= 0.6 is 22.9 Å². The lowest BCUT2D eigenvalue weighted by molar-refractivity contribution is -0.384. The molecule has 0 atom stereocenters. The molecule has 8 nitrogen and oxygen atoms in total. The molecule has 0 saturated heterocycles. The normalized spacial score (nSPS) is 10.9. The number of hydrogen-bond acceptors (Lipinski definition) is 6.